The molecule has 3 amide bonds. The Morgan fingerprint density at radius 1 is 0.976 bits per heavy atom. The average molecular weight is 586 g/mol. The van der Waals surface area contributed by atoms with Gasteiger partial charge in [-0.1, -0.05) is 24.3 Å². The predicted octanol–water partition coefficient (Wildman–Crippen LogP) is 7.03. The van der Waals surface area contributed by atoms with Crippen molar-refractivity contribution in [1.82, 2.24) is 14.5 Å². The Bertz CT molecular complexity index is 1730. The second kappa shape index (κ2) is 11.1. The molecule has 1 aromatic heterocycles. The van der Waals surface area contributed by atoms with Crippen LogP contribution in [-0.2, 0) is 6.18 Å². The number of para-hydroxylation sites is 1. The van der Waals surface area contributed by atoms with E-state index in [2.05, 4.69) is 15.6 Å². The van der Waals surface area contributed by atoms with Gasteiger partial charge >= 0.3 is 18.3 Å². The van der Waals surface area contributed by atoms with Crippen LogP contribution in [0.3, 0.4) is 0 Å². The molecule has 0 aliphatic heterocycles. The van der Waals surface area contributed by atoms with E-state index in [9.17, 15) is 37.1 Å². The minimum absolute atomic E-state index is 0.0175. The number of alkyl halides is 3. The van der Waals surface area contributed by atoms with E-state index in [-0.39, 0.29) is 28.1 Å². The van der Waals surface area contributed by atoms with Crippen molar-refractivity contribution >= 4 is 34.4 Å². The van der Waals surface area contributed by atoms with Gasteiger partial charge in [-0.25, -0.2) is 19.0 Å². The molecular formula is C29H27F4N5O4. The Morgan fingerprint density at radius 3 is 2.29 bits per heavy atom. The summed E-state index contributed by atoms with van der Waals surface area (Å²) in [5.74, 6) is -0.850. The number of hydrogen-bond donors (Lipinski definition) is 3. The number of carboxylic acid groups (broad SMARTS) is 1. The predicted molar refractivity (Wildman–Crippen MR) is 149 cm³/mol. The Morgan fingerprint density at radius 2 is 1.64 bits per heavy atom. The molecule has 9 nitrogen and oxygen atoms in total. The molecule has 0 aliphatic rings. The number of carbonyl (C=O) groups excluding carboxylic acids is 1. The van der Waals surface area contributed by atoms with Crippen LogP contribution in [0, 0.1) is 5.82 Å². The molecule has 0 unspecified atom stereocenters. The molecule has 0 fully saturated rings. The average Bonchev–Trinajstić information content (AvgIpc) is 2.87. The summed E-state index contributed by atoms with van der Waals surface area (Å²) >= 11 is 0. The molecule has 0 saturated heterocycles. The summed E-state index contributed by atoms with van der Waals surface area (Å²) in [7, 11) is 0. The van der Waals surface area contributed by atoms with Crippen LogP contribution in [0.25, 0.3) is 16.6 Å². The van der Waals surface area contributed by atoms with Crippen molar-refractivity contribution < 1.29 is 32.3 Å². The fraction of sp³-hybridized carbons (Fsp3) is 0.241. The van der Waals surface area contributed by atoms with Gasteiger partial charge in [-0.05, 0) is 70.2 Å². The maximum atomic E-state index is 14.8. The third-order valence-electron chi connectivity index (χ3n) is 6.41. The third kappa shape index (κ3) is 6.04. The lowest BCUT2D eigenvalue weighted by molar-refractivity contribution is -0.136. The molecular weight excluding hydrogens is 558 g/mol. The number of nitrogens with zero attached hydrogens (tertiary/aromatic N) is 3. The SMILES string of the molecule is C[C@@H](c1nc2cccc(F)c2c(=O)n1-c1cccc(NC(=O)Nc2ccccc2C(F)(F)F)c1)N(C(=O)O)C(C)(C)C. The highest BCUT2D eigenvalue weighted by molar-refractivity contribution is 6.00. The van der Waals surface area contributed by atoms with Gasteiger partial charge in [-0.3, -0.25) is 14.3 Å². The highest BCUT2D eigenvalue weighted by atomic mass is 19.4. The lowest BCUT2D eigenvalue weighted by atomic mass is 10.0. The van der Waals surface area contributed by atoms with E-state index < -0.39 is 52.5 Å². The third-order valence-corrected chi connectivity index (χ3v) is 6.41. The summed E-state index contributed by atoms with van der Waals surface area (Å²) in [6.45, 7) is 6.54. The lowest BCUT2D eigenvalue weighted by Gasteiger charge is -2.38. The monoisotopic (exact) mass is 585 g/mol. The summed E-state index contributed by atoms with van der Waals surface area (Å²) < 4.78 is 55.9. The fourth-order valence-electron chi connectivity index (χ4n) is 4.73. The van der Waals surface area contributed by atoms with E-state index in [0.29, 0.717) is 0 Å². The summed E-state index contributed by atoms with van der Waals surface area (Å²) in [5.41, 5.74) is -3.03. The van der Waals surface area contributed by atoms with E-state index in [0.717, 1.165) is 27.7 Å². The van der Waals surface area contributed by atoms with Crippen LogP contribution < -0.4 is 16.2 Å². The highest BCUT2D eigenvalue weighted by Crippen LogP contribution is 2.35. The van der Waals surface area contributed by atoms with Crippen molar-refractivity contribution in [1.29, 1.82) is 0 Å². The van der Waals surface area contributed by atoms with E-state index in [1.54, 1.807) is 20.8 Å². The van der Waals surface area contributed by atoms with Crippen LogP contribution in [0.1, 0.15) is 45.1 Å². The van der Waals surface area contributed by atoms with Crippen molar-refractivity contribution in [3.05, 3.63) is 94.3 Å². The van der Waals surface area contributed by atoms with Crippen LogP contribution in [-0.4, -0.2) is 37.2 Å². The zero-order valence-corrected chi connectivity index (χ0v) is 23.0. The van der Waals surface area contributed by atoms with Gasteiger partial charge in [-0.2, -0.15) is 13.2 Å². The molecule has 13 heteroatoms. The molecule has 0 spiro atoms. The number of halogens is 4. The molecule has 3 N–H and O–H groups in total. The largest absolute Gasteiger partial charge is 0.465 e. The van der Waals surface area contributed by atoms with Gasteiger partial charge in [-0.15, -0.1) is 0 Å². The Balaban J connectivity index is 1.80. The number of nitrogens with one attached hydrogen (secondary N) is 2. The van der Waals surface area contributed by atoms with Crippen molar-refractivity contribution in [3.63, 3.8) is 0 Å². The number of rotatable bonds is 5. The highest BCUT2D eigenvalue weighted by Gasteiger charge is 2.35. The van der Waals surface area contributed by atoms with Crippen LogP contribution in [0.2, 0.25) is 0 Å². The first-order chi connectivity index (χ1) is 19.6. The Labute approximate surface area is 237 Å². The van der Waals surface area contributed by atoms with Crippen molar-refractivity contribution in [3.8, 4) is 5.69 Å². The first kappa shape index (κ1) is 30.0. The molecule has 0 bridgehead atoms. The lowest BCUT2D eigenvalue weighted by Crippen LogP contribution is -2.47. The van der Waals surface area contributed by atoms with Crippen LogP contribution in [0.4, 0.5) is 38.5 Å². The Kier molecular flexibility index (Phi) is 7.97. The van der Waals surface area contributed by atoms with Crippen LogP contribution in [0.5, 0.6) is 0 Å². The maximum Gasteiger partial charge on any atom is 0.418 e. The number of carbonyl (C=O) groups is 2. The molecule has 220 valence electrons. The standard InChI is InChI=1S/C29H27F4N5O4/c1-16(38(27(41)42)28(2,3)4)24-35-22-14-8-12-20(30)23(22)25(39)37(24)18-10-7-9-17(15-18)34-26(40)36-21-13-6-5-11-19(21)29(31,32)33/h5-16H,1-4H3,(H,41,42)(H2,34,36,40)/t16-/m0/s1. The Hall–Kier alpha value is -4.94. The molecule has 1 heterocycles. The second-order valence-electron chi connectivity index (χ2n) is 10.4. The molecule has 0 aliphatic carbocycles. The summed E-state index contributed by atoms with van der Waals surface area (Å²) in [6.07, 6.45) is -5.98. The molecule has 4 rings (SSSR count). The molecule has 42 heavy (non-hydrogen) atoms. The number of benzene rings is 3. The second-order valence-corrected chi connectivity index (χ2v) is 10.4. The smallest absolute Gasteiger partial charge is 0.418 e. The van der Waals surface area contributed by atoms with E-state index >= 15 is 0 Å². The molecule has 0 saturated carbocycles. The summed E-state index contributed by atoms with van der Waals surface area (Å²) in [6, 6.07) is 12.1. The van der Waals surface area contributed by atoms with Crippen LogP contribution in [0.15, 0.2) is 71.5 Å². The molecule has 1 atom stereocenters. The zero-order chi connectivity index (χ0) is 31.0. The molecule has 4 aromatic rings. The van der Waals surface area contributed by atoms with Gasteiger partial charge in [0, 0.05) is 11.2 Å². The quantitative estimate of drug-likeness (QED) is 0.218. The van der Waals surface area contributed by atoms with Crippen LogP contribution >= 0.6 is 0 Å². The van der Waals surface area contributed by atoms with Gasteiger partial charge in [0.1, 0.15) is 17.0 Å². The topological polar surface area (TPSA) is 117 Å². The number of hydrogen-bond acceptors (Lipinski definition) is 4. The fourth-order valence-corrected chi connectivity index (χ4v) is 4.73. The van der Waals surface area contributed by atoms with E-state index in [1.807, 2.05) is 0 Å². The van der Waals surface area contributed by atoms with Crippen molar-refractivity contribution in [2.24, 2.45) is 0 Å². The van der Waals surface area contributed by atoms with E-state index in [4.69, 9.17) is 0 Å². The normalized spacial score (nSPS) is 12.6. The number of urea groups is 1. The van der Waals surface area contributed by atoms with Gasteiger partial charge in [0.2, 0.25) is 0 Å². The number of aromatic nitrogens is 2. The minimum atomic E-state index is -4.70. The van der Waals surface area contributed by atoms with Crippen molar-refractivity contribution in [2.75, 3.05) is 10.6 Å². The number of amides is 3. The van der Waals surface area contributed by atoms with Gasteiger partial charge in [0.05, 0.1) is 28.5 Å². The first-order valence-electron chi connectivity index (χ1n) is 12.7. The maximum absolute atomic E-state index is 14.8. The first-order valence-corrected chi connectivity index (χ1v) is 12.7. The summed E-state index contributed by atoms with van der Waals surface area (Å²) in [4.78, 5) is 44.2. The minimum Gasteiger partial charge on any atom is -0.465 e. The van der Waals surface area contributed by atoms with Crippen molar-refractivity contribution in [2.45, 2.75) is 45.5 Å². The number of fused-ring (bicyclic) bond motifs is 1. The number of anilines is 2. The van der Waals surface area contributed by atoms with Gasteiger partial charge in [0.25, 0.3) is 5.56 Å². The van der Waals surface area contributed by atoms with Gasteiger partial charge < -0.3 is 15.7 Å². The molecule has 0 radical (unpaired) electrons. The van der Waals surface area contributed by atoms with Gasteiger partial charge in [0.15, 0.2) is 0 Å². The zero-order valence-electron chi connectivity index (χ0n) is 23.0. The van der Waals surface area contributed by atoms with E-state index in [1.165, 1.54) is 55.5 Å². The summed E-state index contributed by atoms with van der Waals surface area (Å²) in [5, 5.41) is 14.3. The molecule has 3 aromatic carbocycles.